The number of hydrogen-bond acceptors (Lipinski definition) is 2. The average molecular weight is 330 g/mol. The normalized spacial score (nSPS) is 10.4. The molecule has 1 N–H and O–H groups in total. The van der Waals surface area contributed by atoms with Crippen LogP contribution in [0.3, 0.4) is 0 Å². The molecule has 0 radical (unpaired) electrons. The van der Waals surface area contributed by atoms with E-state index in [1.165, 1.54) is 12.1 Å². The average Bonchev–Trinajstić information content (AvgIpc) is 2.32. The second kappa shape index (κ2) is 5.67. The minimum atomic E-state index is -0.249. The lowest BCUT2D eigenvalue weighted by Crippen LogP contribution is -2.03. The highest BCUT2D eigenvalue weighted by Crippen LogP contribution is 2.21. The van der Waals surface area contributed by atoms with Gasteiger partial charge in [0, 0.05) is 11.0 Å². The Hall–Kier alpha value is -1.13. The van der Waals surface area contributed by atoms with Crippen molar-refractivity contribution in [3.8, 4) is 0 Å². The van der Waals surface area contributed by atoms with E-state index in [0.29, 0.717) is 11.7 Å². The summed E-state index contributed by atoms with van der Waals surface area (Å²) in [6.45, 7) is 2.39. The highest BCUT2D eigenvalue weighted by Gasteiger charge is 2.04. The highest BCUT2D eigenvalue weighted by atomic mass is 79.9. The molecule has 0 fully saturated rings. The van der Waals surface area contributed by atoms with Crippen LogP contribution in [0.4, 0.5) is 10.1 Å². The molecule has 2 aromatic rings. The Morgan fingerprint density at radius 2 is 2.11 bits per heavy atom. The molecule has 0 amide bonds. The van der Waals surface area contributed by atoms with Crippen LogP contribution in [0.25, 0.3) is 0 Å². The van der Waals surface area contributed by atoms with Crippen molar-refractivity contribution < 1.29 is 4.39 Å². The van der Waals surface area contributed by atoms with E-state index in [9.17, 15) is 4.39 Å². The van der Waals surface area contributed by atoms with Crippen molar-refractivity contribution in [3.63, 3.8) is 0 Å². The van der Waals surface area contributed by atoms with Gasteiger partial charge in [-0.1, -0.05) is 27.5 Å². The zero-order chi connectivity index (χ0) is 13.1. The van der Waals surface area contributed by atoms with Crippen LogP contribution in [0.1, 0.15) is 11.3 Å². The third-order valence-corrected chi connectivity index (χ3v) is 3.51. The molecule has 0 unspecified atom stereocenters. The van der Waals surface area contributed by atoms with Crippen molar-refractivity contribution >= 4 is 33.2 Å². The Labute approximate surface area is 118 Å². The topological polar surface area (TPSA) is 24.9 Å². The Balaban J connectivity index is 2.13. The van der Waals surface area contributed by atoms with E-state index >= 15 is 0 Å². The van der Waals surface area contributed by atoms with Crippen molar-refractivity contribution in [1.82, 2.24) is 4.98 Å². The number of benzene rings is 1. The Kier molecular flexibility index (Phi) is 4.19. The Bertz CT molecular complexity index is 575. The van der Waals surface area contributed by atoms with Gasteiger partial charge in [0.15, 0.2) is 0 Å². The van der Waals surface area contributed by atoms with E-state index in [1.54, 1.807) is 12.1 Å². The van der Waals surface area contributed by atoms with Gasteiger partial charge in [-0.3, -0.25) is 0 Å². The quantitative estimate of drug-likeness (QED) is 0.835. The molecule has 18 heavy (non-hydrogen) atoms. The summed E-state index contributed by atoms with van der Waals surface area (Å²) < 4.78 is 14.0. The first-order valence-corrected chi connectivity index (χ1v) is 6.54. The summed E-state index contributed by atoms with van der Waals surface area (Å²) in [4.78, 5) is 4.14. The van der Waals surface area contributed by atoms with Crippen LogP contribution < -0.4 is 5.32 Å². The molecular formula is C13H11BrClFN2. The number of rotatable bonds is 3. The molecule has 0 aliphatic heterocycles. The molecule has 1 aromatic carbocycles. The number of anilines is 1. The molecule has 0 saturated heterocycles. The van der Waals surface area contributed by atoms with E-state index in [-0.39, 0.29) is 5.82 Å². The first-order valence-electron chi connectivity index (χ1n) is 5.37. The number of aryl methyl sites for hydroxylation is 1. The van der Waals surface area contributed by atoms with E-state index in [2.05, 4.69) is 26.2 Å². The minimum Gasteiger partial charge on any atom is -0.379 e. The largest absolute Gasteiger partial charge is 0.379 e. The van der Waals surface area contributed by atoms with Gasteiger partial charge in [-0.05, 0) is 42.8 Å². The van der Waals surface area contributed by atoms with Crippen molar-refractivity contribution in [2.75, 3.05) is 5.32 Å². The summed E-state index contributed by atoms with van der Waals surface area (Å²) in [5.41, 5.74) is 2.55. The monoisotopic (exact) mass is 328 g/mol. The lowest BCUT2D eigenvalue weighted by molar-refractivity contribution is 0.625. The van der Waals surface area contributed by atoms with Crippen LogP contribution in [0, 0.1) is 12.7 Å². The number of nitrogens with one attached hydrogen (secondary N) is 1. The summed E-state index contributed by atoms with van der Waals surface area (Å²) >= 11 is 9.17. The van der Waals surface area contributed by atoms with Gasteiger partial charge in [0.1, 0.15) is 11.0 Å². The van der Waals surface area contributed by atoms with Gasteiger partial charge >= 0.3 is 0 Å². The SMILES string of the molecule is Cc1nc(Cl)ccc1NCc1cc(F)ccc1Br. The number of hydrogen-bond donors (Lipinski definition) is 1. The first-order chi connectivity index (χ1) is 8.56. The fourth-order valence-corrected chi connectivity index (χ4v) is 2.16. The van der Waals surface area contributed by atoms with Gasteiger partial charge in [0.2, 0.25) is 0 Å². The maximum absolute atomic E-state index is 13.1. The van der Waals surface area contributed by atoms with E-state index in [1.807, 2.05) is 13.0 Å². The van der Waals surface area contributed by atoms with Crippen LogP contribution in [-0.4, -0.2) is 4.98 Å². The second-order valence-electron chi connectivity index (χ2n) is 3.86. The zero-order valence-corrected chi connectivity index (χ0v) is 12.0. The molecular weight excluding hydrogens is 319 g/mol. The van der Waals surface area contributed by atoms with Crippen LogP contribution >= 0.6 is 27.5 Å². The molecule has 0 aliphatic rings. The molecule has 0 saturated carbocycles. The van der Waals surface area contributed by atoms with Crippen molar-refractivity contribution in [2.24, 2.45) is 0 Å². The minimum absolute atomic E-state index is 0.249. The molecule has 2 nitrogen and oxygen atoms in total. The fraction of sp³-hybridized carbons (Fsp3) is 0.154. The summed E-state index contributed by atoms with van der Waals surface area (Å²) in [7, 11) is 0. The van der Waals surface area contributed by atoms with Crippen LogP contribution in [0.5, 0.6) is 0 Å². The van der Waals surface area contributed by atoms with Gasteiger partial charge in [-0.2, -0.15) is 0 Å². The van der Waals surface area contributed by atoms with Crippen LogP contribution in [-0.2, 0) is 6.54 Å². The van der Waals surface area contributed by atoms with Gasteiger partial charge in [0.25, 0.3) is 0 Å². The second-order valence-corrected chi connectivity index (χ2v) is 5.10. The van der Waals surface area contributed by atoms with E-state index < -0.39 is 0 Å². The third kappa shape index (κ3) is 3.21. The fourth-order valence-electron chi connectivity index (χ4n) is 1.59. The van der Waals surface area contributed by atoms with E-state index in [0.717, 1.165) is 21.4 Å². The van der Waals surface area contributed by atoms with Crippen molar-refractivity contribution in [3.05, 3.63) is 57.0 Å². The first kappa shape index (κ1) is 13.3. The molecule has 5 heteroatoms. The predicted molar refractivity (Wildman–Crippen MR) is 75.4 cm³/mol. The molecule has 94 valence electrons. The van der Waals surface area contributed by atoms with Crippen molar-refractivity contribution in [2.45, 2.75) is 13.5 Å². The van der Waals surface area contributed by atoms with Crippen molar-refractivity contribution in [1.29, 1.82) is 0 Å². The zero-order valence-electron chi connectivity index (χ0n) is 9.67. The van der Waals surface area contributed by atoms with E-state index in [4.69, 9.17) is 11.6 Å². The molecule has 0 aliphatic carbocycles. The Morgan fingerprint density at radius 3 is 2.83 bits per heavy atom. The van der Waals surface area contributed by atoms with Gasteiger partial charge in [-0.15, -0.1) is 0 Å². The number of nitrogens with zero attached hydrogens (tertiary/aromatic N) is 1. The molecule has 1 heterocycles. The summed E-state index contributed by atoms with van der Waals surface area (Å²) in [6, 6.07) is 8.19. The molecule has 2 rings (SSSR count). The highest BCUT2D eigenvalue weighted by molar-refractivity contribution is 9.10. The summed E-state index contributed by atoms with van der Waals surface area (Å²) in [6.07, 6.45) is 0. The van der Waals surface area contributed by atoms with Gasteiger partial charge < -0.3 is 5.32 Å². The lowest BCUT2D eigenvalue weighted by atomic mass is 10.2. The predicted octanol–water partition coefficient (Wildman–Crippen LogP) is 4.56. The number of pyridine rings is 1. The summed E-state index contributed by atoms with van der Waals surface area (Å²) in [5, 5.41) is 3.67. The third-order valence-electron chi connectivity index (χ3n) is 2.53. The number of aromatic nitrogens is 1. The smallest absolute Gasteiger partial charge is 0.129 e. The van der Waals surface area contributed by atoms with Crippen LogP contribution in [0.15, 0.2) is 34.8 Å². The Morgan fingerprint density at radius 1 is 1.33 bits per heavy atom. The maximum atomic E-state index is 13.1. The maximum Gasteiger partial charge on any atom is 0.129 e. The molecule has 0 atom stereocenters. The molecule has 1 aromatic heterocycles. The van der Waals surface area contributed by atoms with Gasteiger partial charge in [0.05, 0.1) is 11.4 Å². The number of halogens is 3. The lowest BCUT2D eigenvalue weighted by Gasteiger charge is -2.10. The molecule has 0 spiro atoms. The van der Waals surface area contributed by atoms with Gasteiger partial charge in [-0.25, -0.2) is 9.37 Å². The summed E-state index contributed by atoms with van der Waals surface area (Å²) in [5.74, 6) is -0.249. The molecule has 0 bridgehead atoms. The standard InChI is InChI=1S/C13H11BrClFN2/c1-8-12(4-5-13(15)18-8)17-7-9-6-10(16)2-3-11(9)14/h2-6,17H,7H2,1H3. The van der Waals surface area contributed by atoms with Crippen LogP contribution in [0.2, 0.25) is 5.15 Å².